The van der Waals surface area contributed by atoms with Gasteiger partial charge in [-0.25, -0.2) is 0 Å². The summed E-state index contributed by atoms with van der Waals surface area (Å²) in [4.78, 5) is 15.4. The van der Waals surface area contributed by atoms with Gasteiger partial charge in [0.1, 0.15) is 0 Å². The Balaban J connectivity index is 2.01. The molecular formula is C14H16BrF3N2O. The van der Waals surface area contributed by atoms with E-state index >= 15 is 0 Å². The largest absolute Gasteiger partial charge is 0.416 e. The van der Waals surface area contributed by atoms with Crippen LogP contribution in [-0.2, 0) is 11.0 Å². The molecule has 0 bridgehead atoms. The summed E-state index contributed by atoms with van der Waals surface area (Å²) < 4.78 is 38.1. The molecule has 0 radical (unpaired) electrons. The molecule has 0 aromatic heterocycles. The SMILES string of the molecule is O=C(CCBr)N1CCN(c2cccc(C(F)(F)F)c2)CC1. The number of carbonyl (C=O) groups excluding carboxylic acids is 1. The zero-order valence-corrected chi connectivity index (χ0v) is 13.0. The van der Waals surface area contributed by atoms with Crippen LogP contribution in [0.25, 0.3) is 0 Å². The fourth-order valence-corrected chi connectivity index (χ4v) is 2.67. The molecule has 1 aromatic carbocycles. The van der Waals surface area contributed by atoms with Gasteiger partial charge in [-0.3, -0.25) is 4.79 Å². The number of anilines is 1. The van der Waals surface area contributed by atoms with Crippen molar-refractivity contribution in [1.29, 1.82) is 0 Å². The highest BCUT2D eigenvalue weighted by atomic mass is 79.9. The Morgan fingerprint density at radius 3 is 2.43 bits per heavy atom. The average molecular weight is 365 g/mol. The molecule has 3 nitrogen and oxygen atoms in total. The van der Waals surface area contributed by atoms with Gasteiger partial charge in [-0.15, -0.1) is 0 Å². The Hall–Kier alpha value is -1.24. The standard InChI is InChI=1S/C14H16BrF3N2O/c15-5-4-13(21)20-8-6-19(7-9-20)12-3-1-2-11(10-12)14(16,17)18/h1-3,10H,4-9H2. The van der Waals surface area contributed by atoms with Gasteiger partial charge in [-0.1, -0.05) is 22.0 Å². The van der Waals surface area contributed by atoms with Crippen molar-refractivity contribution >= 4 is 27.5 Å². The monoisotopic (exact) mass is 364 g/mol. The zero-order valence-electron chi connectivity index (χ0n) is 11.4. The van der Waals surface area contributed by atoms with Gasteiger partial charge in [0.2, 0.25) is 5.91 Å². The van der Waals surface area contributed by atoms with Crippen LogP contribution >= 0.6 is 15.9 Å². The second-order valence-corrected chi connectivity index (χ2v) is 5.65. The van der Waals surface area contributed by atoms with Gasteiger partial charge in [0.15, 0.2) is 0 Å². The second kappa shape index (κ2) is 6.68. The summed E-state index contributed by atoms with van der Waals surface area (Å²) in [6.45, 7) is 2.19. The molecule has 0 unspecified atom stereocenters. The summed E-state index contributed by atoms with van der Waals surface area (Å²) in [6, 6.07) is 5.32. The Morgan fingerprint density at radius 2 is 1.86 bits per heavy atom. The minimum Gasteiger partial charge on any atom is -0.368 e. The lowest BCUT2D eigenvalue weighted by atomic mass is 10.1. The summed E-state index contributed by atoms with van der Waals surface area (Å²) >= 11 is 3.23. The highest BCUT2D eigenvalue weighted by Crippen LogP contribution is 2.31. The predicted octanol–water partition coefficient (Wildman–Crippen LogP) is 3.14. The third kappa shape index (κ3) is 4.12. The lowest BCUT2D eigenvalue weighted by Gasteiger charge is -2.36. The molecule has 7 heteroatoms. The van der Waals surface area contributed by atoms with Crippen LogP contribution in [-0.4, -0.2) is 42.3 Å². The average Bonchev–Trinajstić information content (AvgIpc) is 2.47. The summed E-state index contributed by atoms with van der Waals surface area (Å²) in [5, 5.41) is 0.625. The number of hydrogen-bond donors (Lipinski definition) is 0. The molecule has 116 valence electrons. The van der Waals surface area contributed by atoms with Gasteiger partial charge in [-0.05, 0) is 18.2 Å². The molecule has 1 amide bonds. The van der Waals surface area contributed by atoms with E-state index in [9.17, 15) is 18.0 Å². The number of alkyl halides is 4. The quantitative estimate of drug-likeness (QED) is 0.769. The van der Waals surface area contributed by atoms with Crippen LogP contribution in [0.3, 0.4) is 0 Å². The number of rotatable bonds is 3. The Bertz CT molecular complexity index is 499. The maximum Gasteiger partial charge on any atom is 0.416 e. The van der Waals surface area contributed by atoms with Crippen molar-refractivity contribution in [3.63, 3.8) is 0 Å². The van der Waals surface area contributed by atoms with Crippen LogP contribution in [0.1, 0.15) is 12.0 Å². The van der Waals surface area contributed by atoms with Crippen molar-refractivity contribution in [3.05, 3.63) is 29.8 Å². The Morgan fingerprint density at radius 1 is 1.19 bits per heavy atom. The highest BCUT2D eigenvalue weighted by Gasteiger charge is 2.31. The van der Waals surface area contributed by atoms with Crippen molar-refractivity contribution in [2.24, 2.45) is 0 Å². The molecule has 1 aromatic rings. The van der Waals surface area contributed by atoms with E-state index in [1.54, 1.807) is 11.0 Å². The van der Waals surface area contributed by atoms with E-state index in [1.165, 1.54) is 6.07 Å². The molecule has 0 atom stereocenters. The predicted molar refractivity (Wildman–Crippen MR) is 78.6 cm³/mol. The Labute approximate surface area is 129 Å². The first-order valence-corrected chi connectivity index (χ1v) is 7.80. The van der Waals surface area contributed by atoms with Crippen molar-refractivity contribution < 1.29 is 18.0 Å². The number of halogens is 4. The molecule has 0 aliphatic carbocycles. The number of carbonyl (C=O) groups is 1. The number of benzene rings is 1. The molecule has 21 heavy (non-hydrogen) atoms. The lowest BCUT2D eigenvalue weighted by Crippen LogP contribution is -2.48. The fraction of sp³-hybridized carbons (Fsp3) is 0.500. The highest BCUT2D eigenvalue weighted by molar-refractivity contribution is 9.09. The normalized spacial score (nSPS) is 16.2. The van der Waals surface area contributed by atoms with Crippen molar-refractivity contribution in [2.75, 3.05) is 36.4 Å². The van der Waals surface area contributed by atoms with E-state index in [2.05, 4.69) is 15.9 Å². The van der Waals surface area contributed by atoms with E-state index < -0.39 is 11.7 Å². The molecule has 1 aliphatic heterocycles. The van der Waals surface area contributed by atoms with Crippen LogP contribution in [0.4, 0.5) is 18.9 Å². The van der Waals surface area contributed by atoms with E-state index in [4.69, 9.17) is 0 Å². The molecule has 2 rings (SSSR count). The first-order valence-electron chi connectivity index (χ1n) is 6.68. The maximum atomic E-state index is 12.7. The number of amides is 1. The fourth-order valence-electron chi connectivity index (χ4n) is 2.33. The van der Waals surface area contributed by atoms with Crippen LogP contribution < -0.4 is 4.90 Å². The van der Waals surface area contributed by atoms with E-state index in [0.717, 1.165) is 12.1 Å². The molecule has 1 heterocycles. The van der Waals surface area contributed by atoms with Gasteiger partial charge in [0.05, 0.1) is 5.56 Å². The first-order chi connectivity index (χ1) is 9.91. The summed E-state index contributed by atoms with van der Waals surface area (Å²) in [7, 11) is 0. The van der Waals surface area contributed by atoms with Crippen molar-refractivity contribution in [1.82, 2.24) is 4.90 Å². The van der Waals surface area contributed by atoms with Crippen LogP contribution in [0.2, 0.25) is 0 Å². The van der Waals surface area contributed by atoms with E-state index in [1.807, 2.05) is 4.90 Å². The smallest absolute Gasteiger partial charge is 0.368 e. The van der Waals surface area contributed by atoms with Crippen LogP contribution in [0.5, 0.6) is 0 Å². The topological polar surface area (TPSA) is 23.6 Å². The second-order valence-electron chi connectivity index (χ2n) is 4.85. The maximum absolute atomic E-state index is 12.7. The third-order valence-corrected chi connectivity index (χ3v) is 3.88. The molecule has 0 spiro atoms. The van der Waals surface area contributed by atoms with Crippen molar-refractivity contribution in [3.8, 4) is 0 Å². The molecule has 1 fully saturated rings. The molecule has 0 saturated carbocycles. The van der Waals surface area contributed by atoms with Gasteiger partial charge in [0.25, 0.3) is 0 Å². The summed E-state index contributed by atoms with van der Waals surface area (Å²) in [5.74, 6) is 0.0792. The third-order valence-electron chi connectivity index (χ3n) is 3.48. The van der Waals surface area contributed by atoms with Gasteiger partial charge in [-0.2, -0.15) is 13.2 Å². The van der Waals surface area contributed by atoms with Gasteiger partial charge < -0.3 is 9.80 Å². The molecule has 1 saturated heterocycles. The minimum absolute atomic E-state index is 0.0792. The first kappa shape index (κ1) is 16.1. The van der Waals surface area contributed by atoms with Crippen LogP contribution in [0.15, 0.2) is 24.3 Å². The number of hydrogen-bond acceptors (Lipinski definition) is 2. The van der Waals surface area contributed by atoms with E-state index in [-0.39, 0.29) is 5.91 Å². The lowest BCUT2D eigenvalue weighted by molar-refractivity contribution is -0.137. The molecule has 1 aliphatic rings. The Kier molecular flexibility index (Phi) is 5.13. The molecule has 0 N–H and O–H groups in total. The van der Waals surface area contributed by atoms with Crippen molar-refractivity contribution in [2.45, 2.75) is 12.6 Å². The minimum atomic E-state index is -4.33. The zero-order chi connectivity index (χ0) is 15.5. The summed E-state index contributed by atoms with van der Waals surface area (Å²) in [5.41, 5.74) is -0.0878. The van der Waals surface area contributed by atoms with E-state index in [0.29, 0.717) is 43.6 Å². The van der Waals surface area contributed by atoms with Gasteiger partial charge >= 0.3 is 6.18 Å². The summed E-state index contributed by atoms with van der Waals surface area (Å²) in [6.07, 6.45) is -3.88. The molecular weight excluding hydrogens is 349 g/mol. The van der Waals surface area contributed by atoms with Gasteiger partial charge in [0, 0.05) is 43.6 Å². The van der Waals surface area contributed by atoms with Crippen LogP contribution in [0, 0.1) is 0 Å². The number of nitrogens with zero attached hydrogens (tertiary/aromatic N) is 2. The number of piperazine rings is 1.